The Bertz CT molecular complexity index is 1480. The van der Waals surface area contributed by atoms with E-state index in [1.165, 1.54) is 47.0 Å². The van der Waals surface area contributed by atoms with E-state index in [1.54, 1.807) is 0 Å². The number of terminal acetylenes is 1. The second-order valence-corrected chi connectivity index (χ2v) is 13.7. The molecule has 2 heterocycles. The number of nitrogens with zero attached hydrogens (tertiary/aromatic N) is 3. The number of allylic oxidation sites excluding steroid dienone is 1. The molecule has 0 saturated carbocycles. The second kappa shape index (κ2) is 20.8. The minimum absolute atomic E-state index is 0.260. The van der Waals surface area contributed by atoms with Gasteiger partial charge in [0.25, 0.3) is 6.47 Å². The van der Waals surface area contributed by atoms with Gasteiger partial charge >= 0.3 is 0 Å². The van der Waals surface area contributed by atoms with E-state index in [0.29, 0.717) is 18.3 Å². The Kier molecular flexibility index (Phi) is 17.6. The fourth-order valence-corrected chi connectivity index (χ4v) is 6.97. The van der Waals surface area contributed by atoms with Crippen molar-refractivity contribution in [2.45, 2.75) is 105 Å². The molecule has 0 radical (unpaired) electrons. The van der Waals surface area contributed by atoms with Crippen LogP contribution in [-0.4, -0.2) is 41.1 Å². The zero-order chi connectivity index (χ0) is 34.8. The topological polar surface area (TPSA) is 94.5 Å². The molecule has 256 valence electrons. The molecular formula is C39H57N5O2S. The SMILES string of the molecule is C#C.C/C=C(\N=C(C)CCCCCCCNN)c1ccc2c(c1)c(CC(C)(C)COC=O)c(-c1cccnc1C(CC)SC)n2CC. The van der Waals surface area contributed by atoms with E-state index >= 15 is 0 Å². The maximum Gasteiger partial charge on any atom is 0.293 e. The van der Waals surface area contributed by atoms with Gasteiger partial charge < -0.3 is 9.30 Å². The standard InChI is InChI=1S/C37H55N5O2S.C2H2/c1-8-32(41-27(4)17-14-12-11-13-15-22-40-38)28-19-20-33-30(23-28)31(24-37(5,6)25-44-26-43)36(42(33)10-3)29-18-16-21-39-35(29)34(9-2)45-7;1-2/h8,16,18-21,23,26,34,40H,9-15,17,22,24-25,38H2,1-7H3;1-2H/b32-8-,41-27?;. The minimum atomic E-state index is -0.260. The molecule has 1 atom stereocenters. The summed E-state index contributed by atoms with van der Waals surface area (Å²) < 4.78 is 7.74. The van der Waals surface area contributed by atoms with E-state index in [2.05, 4.69) is 101 Å². The Hall–Kier alpha value is -3.38. The molecule has 7 nitrogen and oxygen atoms in total. The molecule has 0 aliphatic carbocycles. The first kappa shape index (κ1) is 39.8. The van der Waals surface area contributed by atoms with Gasteiger partial charge in [0, 0.05) is 57.7 Å². The number of rotatable bonds is 20. The average molecular weight is 660 g/mol. The van der Waals surface area contributed by atoms with Gasteiger partial charge in [0.2, 0.25) is 0 Å². The predicted molar refractivity (Wildman–Crippen MR) is 203 cm³/mol. The van der Waals surface area contributed by atoms with Crippen molar-refractivity contribution in [2.24, 2.45) is 16.3 Å². The summed E-state index contributed by atoms with van der Waals surface area (Å²) in [7, 11) is 0. The number of fused-ring (bicyclic) bond motifs is 1. The van der Waals surface area contributed by atoms with Crippen molar-refractivity contribution in [1.82, 2.24) is 15.0 Å². The lowest BCUT2D eigenvalue weighted by Gasteiger charge is -2.25. The van der Waals surface area contributed by atoms with Gasteiger partial charge in [-0.3, -0.25) is 26.0 Å². The van der Waals surface area contributed by atoms with Crippen LogP contribution in [0.5, 0.6) is 0 Å². The number of carbonyl (C=O) groups excluding carboxylic acids is 1. The Balaban J connectivity index is 0.00000376. The van der Waals surface area contributed by atoms with Gasteiger partial charge in [-0.25, -0.2) is 0 Å². The van der Waals surface area contributed by atoms with Crippen LogP contribution in [0.25, 0.3) is 27.9 Å². The van der Waals surface area contributed by atoms with Crippen LogP contribution < -0.4 is 11.3 Å². The molecule has 3 aromatic rings. The maximum absolute atomic E-state index is 11.2. The van der Waals surface area contributed by atoms with Gasteiger partial charge in [-0.2, -0.15) is 11.8 Å². The molecule has 0 amide bonds. The molecule has 1 aromatic carbocycles. The first-order chi connectivity index (χ1) is 22.7. The molecule has 47 heavy (non-hydrogen) atoms. The van der Waals surface area contributed by atoms with Gasteiger partial charge in [0.05, 0.1) is 23.7 Å². The van der Waals surface area contributed by atoms with Gasteiger partial charge in [0.15, 0.2) is 0 Å². The molecule has 0 aliphatic rings. The van der Waals surface area contributed by atoms with Gasteiger partial charge in [-0.15, -0.1) is 12.8 Å². The fourth-order valence-electron chi connectivity index (χ4n) is 6.23. The number of unbranched alkanes of at least 4 members (excludes halogenated alkanes) is 4. The third-order valence-electron chi connectivity index (χ3n) is 8.48. The number of hydrogen-bond donors (Lipinski definition) is 2. The zero-order valence-corrected chi connectivity index (χ0v) is 30.6. The number of hydrazine groups is 1. The number of benzene rings is 1. The first-order valence-corrected chi connectivity index (χ1v) is 18.2. The number of carbonyl (C=O) groups is 1. The van der Waals surface area contributed by atoms with Crippen molar-refractivity contribution in [2.75, 3.05) is 19.4 Å². The van der Waals surface area contributed by atoms with Crippen molar-refractivity contribution in [1.29, 1.82) is 0 Å². The number of thioether (sulfide) groups is 1. The minimum Gasteiger partial charge on any atom is -0.467 e. The highest BCUT2D eigenvalue weighted by atomic mass is 32.2. The van der Waals surface area contributed by atoms with Crippen LogP contribution in [0, 0.1) is 18.3 Å². The Morgan fingerprint density at radius 2 is 1.89 bits per heavy atom. The van der Waals surface area contributed by atoms with Crippen LogP contribution in [0.4, 0.5) is 0 Å². The molecule has 2 aromatic heterocycles. The highest BCUT2D eigenvalue weighted by Crippen LogP contribution is 2.43. The van der Waals surface area contributed by atoms with Crippen LogP contribution in [0.2, 0.25) is 0 Å². The molecule has 1 unspecified atom stereocenters. The molecular weight excluding hydrogens is 603 g/mol. The van der Waals surface area contributed by atoms with E-state index in [9.17, 15) is 4.79 Å². The van der Waals surface area contributed by atoms with Gasteiger partial charge in [-0.1, -0.05) is 52.2 Å². The summed E-state index contributed by atoms with van der Waals surface area (Å²) in [5.74, 6) is 5.38. The third-order valence-corrected chi connectivity index (χ3v) is 9.60. The van der Waals surface area contributed by atoms with E-state index < -0.39 is 0 Å². The summed E-state index contributed by atoms with van der Waals surface area (Å²) >= 11 is 1.85. The number of ether oxygens (including phenoxy) is 1. The van der Waals surface area contributed by atoms with E-state index in [4.69, 9.17) is 20.6 Å². The van der Waals surface area contributed by atoms with Crippen LogP contribution in [0.3, 0.4) is 0 Å². The van der Waals surface area contributed by atoms with E-state index in [0.717, 1.165) is 67.9 Å². The van der Waals surface area contributed by atoms with Crippen molar-refractivity contribution in [3.63, 3.8) is 0 Å². The highest BCUT2D eigenvalue weighted by molar-refractivity contribution is 7.98. The summed E-state index contributed by atoms with van der Waals surface area (Å²) in [5, 5.41) is 1.52. The quantitative estimate of drug-likeness (QED) is 0.0314. The molecule has 0 aliphatic heterocycles. The summed E-state index contributed by atoms with van der Waals surface area (Å²) in [6.07, 6.45) is 22.9. The van der Waals surface area contributed by atoms with E-state index in [1.807, 2.05) is 24.0 Å². The largest absolute Gasteiger partial charge is 0.467 e. The number of nitrogens with one attached hydrogen (secondary N) is 1. The fraction of sp³-hybridized carbons (Fsp3) is 0.513. The first-order valence-electron chi connectivity index (χ1n) is 16.9. The smallest absolute Gasteiger partial charge is 0.293 e. The van der Waals surface area contributed by atoms with Gasteiger partial charge in [0.1, 0.15) is 0 Å². The van der Waals surface area contributed by atoms with Crippen LogP contribution in [0.1, 0.15) is 109 Å². The van der Waals surface area contributed by atoms with Crippen molar-refractivity contribution in [3.05, 3.63) is 59.4 Å². The summed E-state index contributed by atoms with van der Waals surface area (Å²) in [4.78, 5) is 21.2. The van der Waals surface area contributed by atoms with E-state index in [-0.39, 0.29) is 5.41 Å². The lowest BCUT2D eigenvalue weighted by Crippen LogP contribution is -2.22. The van der Waals surface area contributed by atoms with Crippen molar-refractivity contribution in [3.8, 4) is 24.1 Å². The number of nitrogens with two attached hydrogens (primary N) is 1. The number of aromatic nitrogens is 2. The zero-order valence-electron chi connectivity index (χ0n) is 29.8. The molecule has 0 spiro atoms. The molecule has 8 heteroatoms. The number of hydrogen-bond acceptors (Lipinski definition) is 7. The Morgan fingerprint density at radius 1 is 1.17 bits per heavy atom. The number of pyridine rings is 1. The highest BCUT2D eigenvalue weighted by Gasteiger charge is 2.28. The van der Waals surface area contributed by atoms with Crippen LogP contribution in [-0.2, 0) is 22.5 Å². The lowest BCUT2D eigenvalue weighted by molar-refractivity contribution is -0.131. The monoisotopic (exact) mass is 659 g/mol. The lowest BCUT2D eigenvalue weighted by atomic mass is 9.84. The molecule has 3 N–H and O–H groups in total. The number of aliphatic imine (C=N–C) groups is 1. The molecule has 0 bridgehead atoms. The van der Waals surface area contributed by atoms with Crippen LogP contribution >= 0.6 is 11.8 Å². The van der Waals surface area contributed by atoms with Gasteiger partial charge in [-0.05, 0) is 89.0 Å². The summed E-state index contributed by atoms with van der Waals surface area (Å²) in [5.41, 5.74) is 11.7. The average Bonchev–Trinajstić information content (AvgIpc) is 3.39. The van der Waals surface area contributed by atoms with Crippen molar-refractivity contribution >= 4 is 40.5 Å². The third kappa shape index (κ3) is 11.1. The predicted octanol–water partition coefficient (Wildman–Crippen LogP) is 9.15. The molecule has 3 rings (SSSR count). The Labute approximate surface area is 288 Å². The Morgan fingerprint density at radius 3 is 2.53 bits per heavy atom. The molecule has 0 saturated heterocycles. The molecule has 0 fully saturated rings. The van der Waals surface area contributed by atoms with Crippen molar-refractivity contribution < 1.29 is 9.53 Å². The normalized spacial score (nSPS) is 12.9. The second-order valence-electron chi connectivity index (χ2n) is 12.6. The summed E-state index contributed by atoms with van der Waals surface area (Å²) in [6, 6.07) is 11.0. The number of aryl methyl sites for hydroxylation is 1. The maximum atomic E-state index is 11.2. The van der Waals surface area contributed by atoms with Crippen LogP contribution in [0.15, 0.2) is 47.6 Å². The summed E-state index contributed by atoms with van der Waals surface area (Å²) in [6.45, 7) is 15.6.